The van der Waals surface area contributed by atoms with Crippen LogP contribution < -0.4 is 10.6 Å². The molecule has 0 fully saturated rings. The number of aryl methyl sites for hydroxylation is 1. The van der Waals surface area contributed by atoms with Crippen LogP contribution in [0.1, 0.15) is 11.4 Å². The minimum atomic E-state index is 0.534. The Morgan fingerprint density at radius 3 is 2.65 bits per heavy atom. The van der Waals surface area contributed by atoms with Crippen molar-refractivity contribution in [1.82, 2.24) is 19.9 Å². The van der Waals surface area contributed by atoms with Gasteiger partial charge in [-0.2, -0.15) is 4.98 Å². The Kier molecular flexibility index (Phi) is 4.38. The van der Waals surface area contributed by atoms with Crippen LogP contribution in [0, 0.1) is 6.92 Å². The van der Waals surface area contributed by atoms with Gasteiger partial charge in [0.15, 0.2) is 0 Å². The predicted molar refractivity (Wildman–Crippen MR) is 103 cm³/mol. The van der Waals surface area contributed by atoms with E-state index in [0.717, 1.165) is 33.8 Å². The first-order valence-corrected chi connectivity index (χ1v) is 8.38. The van der Waals surface area contributed by atoms with Gasteiger partial charge >= 0.3 is 0 Å². The number of hydrogen-bond acceptors (Lipinski definition) is 6. The van der Waals surface area contributed by atoms with Gasteiger partial charge in [-0.1, -0.05) is 24.3 Å². The largest absolute Gasteiger partial charge is 0.364 e. The summed E-state index contributed by atoms with van der Waals surface area (Å²) in [6.07, 6.45) is 3.56. The Morgan fingerprint density at radius 1 is 0.885 bits per heavy atom. The fourth-order valence-electron chi connectivity index (χ4n) is 2.72. The van der Waals surface area contributed by atoms with E-state index >= 15 is 0 Å². The van der Waals surface area contributed by atoms with Crippen molar-refractivity contribution >= 4 is 28.4 Å². The summed E-state index contributed by atoms with van der Waals surface area (Å²) >= 11 is 0. The average Bonchev–Trinajstić information content (AvgIpc) is 2.67. The number of pyridine rings is 2. The van der Waals surface area contributed by atoms with E-state index in [1.54, 1.807) is 12.4 Å². The molecule has 0 radical (unpaired) electrons. The van der Waals surface area contributed by atoms with Crippen LogP contribution in [0.15, 0.2) is 67.0 Å². The minimum absolute atomic E-state index is 0.534. The highest BCUT2D eigenvalue weighted by Crippen LogP contribution is 2.23. The van der Waals surface area contributed by atoms with Crippen LogP contribution in [-0.2, 0) is 6.54 Å². The molecule has 0 spiro atoms. The molecule has 4 aromatic rings. The summed E-state index contributed by atoms with van der Waals surface area (Å²) in [4.78, 5) is 17.8. The van der Waals surface area contributed by atoms with Crippen LogP contribution in [-0.4, -0.2) is 19.9 Å². The van der Waals surface area contributed by atoms with Gasteiger partial charge in [-0.25, -0.2) is 4.98 Å². The van der Waals surface area contributed by atoms with Crippen molar-refractivity contribution in [2.24, 2.45) is 0 Å². The Bertz CT molecular complexity index is 1030. The number of fused-ring (bicyclic) bond motifs is 1. The summed E-state index contributed by atoms with van der Waals surface area (Å²) in [6.45, 7) is 2.55. The molecule has 6 nitrogen and oxygen atoms in total. The third kappa shape index (κ3) is 3.59. The molecule has 0 bridgehead atoms. The molecule has 2 N–H and O–H groups in total. The van der Waals surface area contributed by atoms with Crippen molar-refractivity contribution in [3.8, 4) is 0 Å². The molecule has 0 saturated heterocycles. The maximum absolute atomic E-state index is 4.56. The molecule has 26 heavy (non-hydrogen) atoms. The zero-order chi connectivity index (χ0) is 17.8. The number of nitrogens with zero attached hydrogens (tertiary/aromatic N) is 4. The lowest BCUT2D eigenvalue weighted by Gasteiger charge is -2.11. The lowest BCUT2D eigenvalue weighted by atomic mass is 10.2. The Hall–Kier alpha value is -3.54. The number of aromatic nitrogens is 4. The molecular weight excluding hydrogens is 324 g/mol. The number of rotatable bonds is 5. The van der Waals surface area contributed by atoms with E-state index in [4.69, 9.17) is 0 Å². The number of hydrogen-bond donors (Lipinski definition) is 2. The maximum atomic E-state index is 4.56. The Balaban J connectivity index is 1.58. The molecule has 0 aliphatic heterocycles. The molecule has 0 aliphatic rings. The van der Waals surface area contributed by atoms with Crippen LogP contribution in [0.2, 0.25) is 0 Å². The van der Waals surface area contributed by atoms with Gasteiger partial charge in [0.25, 0.3) is 0 Å². The quantitative estimate of drug-likeness (QED) is 0.569. The van der Waals surface area contributed by atoms with E-state index in [2.05, 4.69) is 30.6 Å². The maximum Gasteiger partial charge on any atom is 0.229 e. The van der Waals surface area contributed by atoms with E-state index in [9.17, 15) is 0 Å². The Labute approximate surface area is 151 Å². The molecule has 0 unspecified atom stereocenters. The summed E-state index contributed by atoms with van der Waals surface area (Å²) in [6, 6.07) is 17.7. The second-order valence-electron chi connectivity index (χ2n) is 5.90. The van der Waals surface area contributed by atoms with Crippen molar-refractivity contribution in [2.45, 2.75) is 13.5 Å². The first kappa shape index (κ1) is 16.0. The summed E-state index contributed by atoms with van der Waals surface area (Å²) in [5, 5.41) is 7.65. The lowest BCUT2D eigenvalue weighted by Crippen LogP contribution is -2.06. The van der Waals surface area contributed by atoms with Gasteiger partial charge in [-0.3, -0.25) is 9.97 Å². The van der Waals surface area contributed by atoms with Gasteiger partial charge in [-0.05, 0) is 31.2 Å². The molecule has 6 heteroatoms. The second-order valence-corrected chi connectivity index (χ2v) is 5.90. The van der Waals surface area contributed by atoms with Gasteiger partial charge in [0, 0.05) is 29.5 Å². The Morgan fingerprint density at radius 2 is 1.77 bits per heavy atom. The summed E-state index contributed by atoms with van der Waals surface area (Å²) in [5.74, 6) is 1.28. The molecule has 1 aromatic carbocycles. The van der Waals surface area contributed by atoms with E-state index in [-0.39, 0.29) is 0 Å². The highest BCUT2D eigenvalue weighted by atomic mass is 15.1. The monoisotopic (exact) mass is 342 g/mol. The van der Waals surface area contributed by atoms with Crippen molar-refractivity contribution in [3.63, 3.8) is 0 Å². The topological polar surface area (TPSA) is 75.6 Å². The normalized spacial score (nSPS) is 10.7. The van der Waals surface area contributed by atoms with Crippen LogP contribution in [0.25, 0.3) is 10.9 Å². The van der Waals surface area contributed by atoms with Crippen molar-refractivity contribution in [3.05, 3.63) is 78.4 Å². The van der Waals surface area contributed by atoms with Gasteiger partial charge < -0.3 is 10.6 Å². The fourth-order valence-corrected chi connectivity index (χ4v) is 2.72. The predicted octanol–water partition coefficient (Wildman–Crippen LogP) is 4.08. The molecular formula is C20H18N6. The first-order valence-electron chi connectivity index (χ1n) is 8.38. The lowest BCUT2D eigenvalue weighted by molar-refractivity contribution is 1.01. The summed E-state index contributed by atoms with van der Waals surface area (Å²) < 4.78 is 0. The van der Waals surface area contributed by atoms with Gasteiger partial charge in [0.1, 0.15) is 5.82 Å². The minimum Gasteiger partial charge on any atom is -0.364 e. The molecule has 3 aromatic heterocycles. The third-order valence-electron chi connectivity index (χ3n) is 3.91. The molecule has 0 saturated carbocycles. The van der Waals surface area contributed by atoms with Crippen LogP contribution in [0.3, 0.4) is 0 Å². The first-order chi connectivity index (χ1) is 12.8. The van der Waals surface area contributed by atoms with Crippen LogP contribution in [0.5, 0.6) is 0 Å². The summed E-state index contributed by atoms with van der Waals surface area (Å²) in [7, 11) is 0. The number of anilines is 3. The van der Waals surface area contributed by atoms with Crippen molar-refractivity contribution < 1.29 is 0 Å². The van der Waals surface area contributed by atoms with Crippen LogP contribution >= 0.6 is 0 Å². The van der Waals surface area contributed by atoms with E-state index in [1.807, 2.05) is 61.5 Å². The molecule has 0 aliphatic carbocycles. The number of nitrogens with one attached hydrogen (secondary N) is 2. The van der Waals surface area contributed by atoms with Gasteiger partial charge in [-0.15, -0.1) is 0 Å². The average molecular weight is 342 g/mol. The molecule has 0 amide bonds. The molecule has 128 valence electrons. The zero-order valence-corrected chi connectivity index (χ0v) is 14.3. The molecule has 0 atom stereocenters. The molecule has 4 rings (SSSR count). The van der Waals surface area contributed by atoms with E-state index in [0.29, 0.717) is 12.5 Å². The SMILES string of the molecule is Cc1cc(NCc2ccccn2)nc(Nc2cccc3cccnc23)n1. The third-order valence-corrected chi connectivity index (χ3v) is 3.91. The standard InChI is InChI=1S/C20H18N6/c1-14-12-18(23-13-16-8-2-3-10-21-16)26-20(24-14)25-17-9-4-6-15-7-5-11-22-19(15)17/h2-12H,13H2,1H3,(H2,23,24,25,26). The smallest absolute Gasteiger partial charge is 0.229 e. The second kappa shape index (κ2) is 7.14. The number of benzene rings is 1. The van der Waals surface area contributed by atoms with Crippen LogP contribution in [0.4, 0.5) is 17.5 Å². The van der Waals surface area contributed by atoms with Gasteiger partial charge in [0.2, 0.25) is 5.95 Å². The molecule has 3 heterocycles. The number of para-hydroxylation sites is 1. The fraction of sp³-hybridized carbons (Fsp3) is 0.100. The van der Waals surface area contributed by atoms with Crippen molar-refractivity contribution in [2.75, 3.05) is 10.6 Å². The van der Waals surface area contributed by atoms with Crippen molar-refractivity contribution in [1.29, 1.82) is 0 Å². The van der Waals surface area contributed by atoms with E-state index < -0.39 is 0 Å². The van der Waals surface area contributed by atoms with Gasteiger partial charge in [0.05, 0.1) is 23.4 Å². The summed E-state index contributed by atoms with van der Waals surface area (Å²) in [5.41, 5.74) is 3.60. The highest BCUT2D eigenvalue weighted by molar-refractivity contribution is 5.91. The van der Waals surface area contributed by atoms with E-state index in [1.165, 1.54) is 0 Å². The highest BCUT2D eigenvalue weighted by Gasteiger charge is 2.06. The zero-order valence-electron chi connectivity index (χ0n) is 14.3.